The van der Waals surface area contributed by atoms with Gasteiger partial charge in [-0.15, -0.1) is 0 Å². The Kier molecular flexibility index (Phi) is 4.35. The summed E-state index contributed by atoms with van der Waals surface area (Å²) in [6, 6.07) is 9.70. The minimum Gasteiger partial charge on any atom is -0.481 e. The monoisotopic (exact) mass is 289 g/mol. The maximum Gasteiger partial charge on any atom is 0.306 e. The molecule has 1 aromatic carbocycles. The lowest BCUT2D eigenvalue weighted by Gasteiger charge is -2.40. The molecule has 0 aromatic heterocycles. The number of carbonyl (C=O) groups excluding carboxylic acids is 1. The van der Waals surface area contributed by atoms with Crippen LogP contribution in [-0.2, 0) is 15.0 Å². The number of piperidine rings is 1. The van der Waals surface area contributed by atoms with Crippen molar-refractivity contribution in [3.8, 4) is 0 Å². The highest BCUT2D eigenvalue weighted by Gasteiger charge is 2.39. The van der Waals surface area contributed by atoms with Crippen molar-refractivity contribution in [1.82, 2.24) is 4.90 Å². The molecule has 4 nitrogen and oxygen atoms in total. The number of carbonyl (C=O) groups is 2. The van der Waals surface area contributed by atoms with Gasteiger partial charge >= 0.3 is 5.97 Å². The van der Waals surface area contributed by atoms with Gasteiger partial charge < -0.3 is 10.0 Å². The summed E-state index contributed by atoms with van der Waals surface area (Å²) in [5.74, 6) is -1.01. The molecule has 0 saturated carbocycles. The van der Waals surface area contributed by atoms with Gasteiger partial charge in [0.25, 0.3) is 0 Å². The third-order valence-electron chi connectivity index (χ3n) is 4.52. The molecular weight excluding hydrogens is 266 g/mol. The van der Waals surface area contributed by atoms with E-state index in [1.807, 2.05) is 56.0 Å². The molecule has 21 heavy (non-hydrogen) atoms. The predicted octanol–water partition coefficient (Wildman–Crippen LogP) is 2.68. The molecule has 2 unspecified atom stereocenters. The van der Waals surface area contributed by atoms with Crippen LogP contribution in [0, 0.1) is 5.92 Å². The SMILES string of the molecule is CC1CC(C(=O)O)CCN1C(=O)C(C)(C)c1ccccc1. The third kappa shape index (κ3) is 3.09. The third-order valence-corrected chi connectivity index (χ3v) is 4.52. The zero-order chi connectivity index (χ0) is 15.6. The molecule has 114 valence electrons. The van der Waals surface area contributed by atoms with Crippen LogP contribution in [0.3, 0.4) is 0 Å². The molecule has 4 heteroatoms. The number of aliphatic carboxylic acids is 1. The van der Waals surface area contributed by atoms with E-state index in [4.69, 9.17) is 5.11 Å². The van der Waals surface area contributed by atoms with E-state index >= 15 is 0 Å². The highest BCUT2D eigenvalue weighted by molar-refractivity contribution is 5.88. The van der Waals surface area contributed by atoms with E-state index in [0.29, 0.717) is 19.4 Å². The first kappa shape index (κ1) is 15.5. The van der Waals surface area contributed by atoms with E-state index in [1.165, 1.54) is 0 Å². The number of hydrogen-bond donors (Lipinski definition) is 1. The molecule has 0 bridgehead atoms. The van der Waals surface area contributed by atoms with Crippen molar-refractivity contribution in [3.05, 3.63) is 35.9 Å². The largest absolute Gasteiger partial charge is 0.481 e. The number of benzene rings is 1. The second-order valence-corrected chi connectivity index (χ2v) is 6.40. The van der Waals surface area contributed by atoms with Gasteiger partial charge in [0.2, 0.25) is 5.91 Å². The number of carboxylic acids is 1. The molecule has 0 radical (unpaired) electrons. The fourth-order valence-corrected chi connectivity index (χ4v) is 3.04. The topological polar surface area (TPSA) is 57.6 Å². The van der Waals surface area contributed by atoms with Crippen molar-refractivity contribution in [3.63, 3.8) is 0 Å². The summed E-state index contributed by atoms with van der Waals surface area (Å²) in [4.78, 5) is 25.8. The Hall–Kier alpha value is -1.84. The second kappa shape index (κ2) is 5.88. The van der Waals surface area contributed by atoms with Crippen LogP contribution in [0.4, 0.5) is 0 Å². The molecule has 0 spiro atoms. The fraction of sp³-hybridized carbons (Fsp3) is 0.529. The van der Waals surface area contributed by atoms with E-state index < -0.39 is 11.4 Å². The van der Waals surface area contributed by atoms with Gasteiger partial charge in [-0.2, -0.15) is 0 Å². The van der Waals surface area contributed by atoms with Crippen molar-refractivity contribution in [2.24, 2.45) is 5.92 Å². The van der Waals surface area contributed by atoms with Crippen LogP contribution in [0.15, 0.2) is 30.3 Å². The Morgan fingerprint density at radius 2 is 1.86 bits per heavy atom. The average Bonchev–Trinajstić information content (AvgIpc) is 2.47. The molecule has 0 aliphatic carbocycles. The van der Waals surface area contributed by atoms with Crippen LogP contribution < -0.4 is 0 Å². The maximum absolute atomic E-state index is 12.9. The van der Waals surface area contributed by atoms with E-state index in [2.05, 4.69) is 0 Å². The highest BCUT2D eigenvalue weighted by Crippen LogP contribution is 2.30. The van der Waals surface area contributed by atoms with Gasteiger partial charge in [0.05, 0.1) is 11.3 Å². The molecule has 1 aliphatic rings. The summed E-state index contributed by atoms with van der Waals surface area (Å²) in [7, 11) is 0. The Bertz CT molecular complexity index is 524. The number of rotatable bonds is 3. The zero-order valence-corrected chi connectivity index (χ0v) is 12.9. The second-order valence-electron chi connectivity index (χ2n) is 6.40. The summed E-state index contributed by atoms with van der Waals surface area (Å²) in [6.45, 7) is 6.32. The average molecular weight is 289 g/mol. The van der Waals surface area contributed by atoms with Gasteiger partial charge in [0.15, 0.2) is 0 Å². The first-order valence-corrected chi connectivity index (χ1v) is 7.43. The minimum absolute atomic E-state index is 0.0321. The normalized spacial score (nSPS) is 22.9. The van der Waals surface area contributed by atoms with Crippen molar-refractivity contribution < 1.29 is 14.7 Å². The van der Waals surface area contributed by atoms with Crippen LogP contribution >= 0.6 is 0 Å². The molecule has 1 aliphatic heterocycles. The maximum atomic E-state index is 12.9. The zero-order valence-electron chi connectivity index (χ0n) is 12.9. The first-order chi connectivity index (χ1) is 9.84. The van der Waals surface area contributed by atoms with Crippen molar-refractivity contribution >= 4 is 11.9 Å². The van der Waals surface area contributed by atoms with Crippen LogP contribution in [0.5, 0.6) is 0 Å². The lowest BCUT2D eigenvalue weighted by atomic mass is 9.81. The fourth-order valence-electron chi connectivity index (χ4n) is 3.04. The van der Waals surface area contributed by atoms with Gasteiger partial charge in [-0.05, 0) is 39.2 Å². The number of likely N-dealkylation sites (tertiary alicyclic amines) is 1. The number of hydrogen-bond acceptors (Lipinski definition) is 2. The van der Waals surface area contributed by atoms with Crippen molar-refractivity contribution in [2.45, 2.75) is 45.1 Å². The van der Waals surface area contributed by atoms with Crippen LogP contribution in [-0.4, -0.2) is 34.5 Å². The molecule has 1 heterocycles. The van der Waals surface area contributed by atoms with E-state index in [1.54, 1.807) is 0 Å². The van der Waals surface area contributed by atoms with Crippen molar-refractivity contribution in [2.75, 3.05) is 6.54 Å². The van der Waals surface area contributed by atoms with Crippen LogP contribution in [0.2, 0.25) is 0 Å². The quantitative estimate of drug-likeness (QED) is 0.930. The minimum atomic E-state index is -0.753. The van der Waals surface area contributed by atoms with Gasteiger partial charge in [0, 0.05) is 12.6 Å². The van der Waals surface area contributed by atoms with Crippen molar-refractivity contribution in [1.29, 1.82) is 0 Å². The van der Waals surface area contributed by atoms with E-state index in [0.717, 1.165) is 5.56 Å². The molecule has 1 amide bonds. The van der Waals surface area contributed by atoms with E-state index in [9.17, 15) is 9.59 Å². The Morgan fingerprint density at radius 1 is 1.24 bits per heavy atom. The summed E-state index contributed by atoms with van der Waals surface area (Å²) in [5, 5.41) is 9.12. The molecule has 1 N–H and O–H groups in total. The highest BCUT2D eigenvalue weighted by atomic mass is 16.4. The Morgan fingerprint density at radius 3 is 2.38 bits per heavy atom. The summed E-state index contributed by atoms with van der Waals surface area (Å²) in [6.07, 6.45) is 1.07. The first-order valence-electron chi connectivity index (χ1n) is 7.43. The predicted molar refractivity (Wildman–Crippen MR) is 81.0 cm³/mol. The summed E-state index contributed by atoms with van der Waals surface area (Å²) >= 11 is 0. The summed E-state index contributed by atoms with van der Waals surface area (Å²) in [5.41, 5.74) is 0.397. The van der Waals surface area contributed by atoms with E-state index in [-0.39, 0.29) is 17.9 Å². The standard InChI is InChI=1S/C17H23NO3/c1-12-11-13(15(19)20)9-10-18(12)16(21)17(2,3)14-7-5-4-6-8-14/h4-8,12-13H,9-11H2,1-3H3,(H,19,20). The molecule has 1 fully saturated rings. The molecule has 2 atom stereocenters. The lowest BCUT2D eigenvalue weighted by molar-refractivity contribution is -0.149. The Balaban J connectivity index is 2.15. The number of nitrogens with zero attached hydrogens (tertiary/aromatic N) is 1. The lowest BCUT2D eigenvalue weighted by Crippen LogP contribution is -2.51. The van der Waals surface area contributed by atoms with Crippen LogP contribution in [0.1, 0.15) is 39.2 Å². The molecular formula is C17H23NO3. The van der Waals surface area contributed by atoms with Crippen LogP contribution in [0.25, 0.3) is 0 Å². The molecule has 1 aromatic rings. The number of carboxylic acid groups (broad SMARTS) is 1. The van der Waals surface area contributed by atoms with Gasteiger partial charge in [0.1, 0.15) is 0 Å². The molecule has 1 saturated heterocycles. The Labute approximate surface area is 125 Å². The van der Waals surface area contributed by atoms with Gasteiger partial charge in [-0.3, -0.25) is 9.59 Å². The smallest absolute Gasteiger partial charge is 0.306 e. The van der Waals surface area contributed by atoms with Gasteiger partial charge in [-0.1, -0.05) is 30.3 Å². The number of amides is 1. The summed E-state index contributed by atoms with van der Waals surface area (Å²) < 4.78 is 0. The molecule has 2 rings (SSSR count). The van der Waals surface area contributed by atoms with Gasteiger partial charge in [-0.25, -0.2) is 0 Å².